The molecule has 8 heteroatoms. The fourth-order valence-corrected chi connectivity index (χ4v) is 3.33. The molecule has 156 valence electrons. The van der Waals surface area contributed by atoms with Crippen LogP contribution in [0.25, 0.3) is 16.9 Å². The highest BCUT2D eigenvalue weighted by Gasteiger charge is 2.18. The van der Waals surface area contributed by atoms with E-state index < -0.39 is 11.9 Å². The lowest BCUT2D eigenvalue weighted by Crippen LogP contribution is -2.29. The predicted octanol–water partition coefficient (Wildman–Crippen LogP) is 3.00. The number of nitrogens with one attached hydrogen (secondary N) is 1. The maximum Gasteiger partial charge on any atom is 0.338 e. The molecular formula is C23H20N4O4. The van der Waals surface area contributed by atoms with E-state index in [1.807, 2.05) is 18.2 Å². The van der Waals surface area contributed by atoms with E-state index in [9.17, 15) is 14.4 Å². The second-order valence-corrected chi connectivity index (χ2v) is 6.74. The molecular weight excluding hydrogens is 396 g/mol. The molecule has 0 aliphatic carbocycles. The molecule has 0 radical (unpaired) electrons. The average Bonchev–Trinajstić information content (AvgIpc) is 3.06. The highest BCUT2D eigenvalue weighted by molar-refractivity contribution is 5.95. The van der Waals surface area contributed by atoms with E-state index in [-0.39, 0.29) is 18.8 Å². The van der Waals surface area contributed by atoms with E-state index >= 15 is 0 Å². The average molecular weight is 416 g/mol. The lowest BCUT2D eigenvalue weighted by molar-refractivity contribution is -0.116. The number of hydrogen-bond donors (Lipinski definition) is 1. The number of rotatable bonds is 6. The van der Waals surface area contributed by atoms with Gasteiger partial charge in [0.15, 0.2) is 5.65 Å². The standard InChI is InChI=1S/C23H20N4O4/c1-2-31-22(29)16-8-6-9-17(14-16)25-20(28)15-26-19-12-7-13-24-21(19)27(23(26)30)18-10-4-3-5-11-18/h3-14H,2,15H2,1H3,(H,25,28). The van der Waals surface area contributed by atoms with Gasteiger partial charge >= 0.3 is 11.7 Å². The SMILES string of the molecule is CCOC(=O)c1cccc(NC(=O)Cn2c(=O)n(-c3ccccc3)c3ncccc32)c1. The van der Waals surface area contributed by atoms with E-state index in [4.69, 9.17) is 4.74 Å². The van der Waals surface area contributed by atoms with Gasteiger partial charge in [0.25, 0.3) is 0 Å². The summed E-state index contributed by atoms with van der Waals surface area (Å²) in [5.41, 5.74) is 2.09. The van der Waals surface area contributed by atoms with Crippen molar-refractivity contribution in [2.24, 2.45) is 0 Å². The van der Waals surface area contributed by atoms with Crippen LogP contribution in [0, 0.1) is 0 Å². The van der Waals surface area contributed by atoms with Crippen molar-refractivity contribution in [1.82, 2.24) is 14.1 Å². The number of pyridine rings is 1. The first-order chi connectivity index (χ1) is 15.1. The van der Waals surface area contributed by atoms with Crippen molar-refractivity contribution < 1.29 is 14.3 Å². The number of aromatic nitrogens is 3. The lowest BCUT2D eigenvalue weighted by atomic mass is 10.2. The number of ether oxygens (including phenoxy) is 1. The van der Waals surface area contributed by atoms with Crippen LogP contribution in [-0.2, 0) is 16.1 Å². The summed E-state index contributed by atoms with van der Waals surface area (Å²) in [6, 6.07) is 19.1. The van der Waals surface area contributed by atoms with Crippen LogP contribution < -0.4 is 11.0 Å². The van der Waals surface area contributed by atoms with Crippen molar-refractivity contribution in [3.63, 3.8) is 0 Å². The third-order valence-corrected chi connectivity index (χ3v) is 4.66. The normalized spacial score (nSPS) is 10.7. The first-order valence-corrected chi connectivity index (χ1v) is 9.77. The highest BCUT2D eigenvalue weighted by atomic mass is 16.5. The molecule has 0 aliphatic rings. The van der Waals surface area contributed by atoms with Gasteiger partial charge in [-0.05, 0) is 49.4 Å². The van der Waals surface area contributed by atoms with Gasteiger partial charge in [-0.15, -0.1) is 0 Å². The second-order valence-electron chi connectivity index (χ2n) is 6.74. The molecule has 2 aromatic heterocycles. The van der Waals surface area contributed by atoms with Gasteiger partial charge in [-0.25, -0.2) is 19.1 Å². The van der Waals surface area contributed by atoms with Gasteiger partial charge in [0.05, 0.1) is 23.4 Å². The van der Waals surface area contributed by atoms with Crippen LogP contribution in [0.2, 0.25) is 0 Å². The third kappa shape index (κ3) is 4.09. The van der Waals surface area contributed by atoms with Crippen LogP contribution in [0.15, 0.2) is 77.7 Å². The van der Waals surface area contributed by atoms with Gasteiger partial charge in [0.1, 0.15) is 6.54 Å². The summed E-state index contributed by atoms with van der Waals surface area (Å²) >= 11 is 0. The molecule has 0 saturated carbocycles. The summed E-state index contributed by atoms with van der Waals surface area (Å²) < 4.78 is 7.84. The van der Waals surface area contributed by atoms with Gasteiger partial charge in [-0.2, -0.15) is 0 Å². The number of amides is 1. The number of para-hydroxylation sites is 1. The monoisotopic (exact) mass is 416 g/mol. The molecule has 1 N–H and O–H groups in total. The topological polar surface area (TPSA) is 95.2 Å². The Hall–Kier alpha value is -4.20. The minimum atomic E-state index is -0.466. The van der Waals surface area contributed by atoms with E-state index in [1.54, 1.807) is 55.6 Å². The maximum absolute atomic E-state index is 13.1. The number of nitrogens with zero attached hydrogens (tertiary/aromatic N) is 3. The van der Waals surface area contributed by atoms with Crippen molar-refractivity contribution in [2.45, 2.75) is 13.5 Å². The zero-order chi connectivity index (χ0) is 21.8. The van der Waals surface area contributed by atoms with Crippen molar-refractivity contribution >= 4 is 28.7 Å². The van der Waals surface area contributed by atoms with Crippen molar-refractivity contribution in [1.29, 1.82) is 0 Å². The molecule has 0 aliphatic heterocycles. The number of fused-ring (bicyclic) bond motifs is 1. The first kappa shape index (κ1) is 20.1. The molecule has 31 heavy (non-hydrogen) atoms. The molecule has 0 atom stereocenters. The van der Waals surface area contributed by atoms with Crippen LogP contribution in [0.5, 0.6) is 0 Å². The van der Waals surface area contributed by atoms with E-state index in [0.29, 0.717) is 28.1 Å². The van der Waals surface area contributed by atoms with Crippen LogP contribution in [0.3, 0.4) is 0 Å². The molecule has 0 spiro atoms. The summed E-state index contributed by atoms with van der Waals surface area (Å²) in [5, 5.41) is 2.73. The molecule has 0 saturated heterocycles. The highest BCUT2D eigenvalue weighted by Crippen LogP contribution is 2.16. The Kier molecular flexibility index (Phi) is 5.61. The molecule has 4 aromatic rings. The van der Waals surface area contributed by atoms with Crippen LogP contribution in [0.1, 0.15) is 17.3 Å². The largest absolute Gasteiger partial charge is 0.462 e. The molecule has 2 aromatic carbocycles. The van der Waals surface area contributed by atoms with Gasteiger partial charge in [-0.3, -0.25) is 9.36 Å². The Bertz CT molecular complexity index is 1310. The number of benzene rings is 2. The Morgan fingerprint density at radius 3 is 2.61 bits per heavy atom. The molecule has 0 unspecified atom stereocenters. The van der Waals surface area contributed by atoms with Crippen LogP contribution in [0.4, 0.5) is 5.69 Å². The van der Waals surface area contributed by atoms with Crippen molar-refractivity contribution in [3.8, 4) is 5.69 Å². The Morgan fingerprint density at radius 1 is 1.03 bits per heavy atom. The minimum absolute atomic E-state index is 0.204. The fourth-order valence-electron chi connectivity index (χ4n) is 3.33. The van der Waals surface area contributed by atoms with E-state index in [1.165, 1.54) is 15.2 Å². The van der Waals surface area contributed by atoms with E-state index in [2.05, 4.69) is 10.3 Å². The minimum Gasteiger partial charge on any atom is -0.462 e. The summed E-state index contributed by atoms with van der Waals surface area (Å²) in [6.45, 7) is 1.78. The zero-order valence-electron chi connectivity index (χ0n) is 16.8. The second kappa shape index (κ2) is 8.66. The summed E-state index contributed by atoms with van der Waals surface area (Å²) in [5.74, 6) is -0.870. The van der Waals surface area contributed by atoms with Gasteiger partial charge < -0.3 is 10.1 Å². The molecule has 2 heterocycles. The molecule has 8 nitrogen and oxygen atoms in total. The quantitative estimate of drug-likeness (QED) is 0.488. The number of esters is 1. The Morgan fingerprint density at radius 2 is 1.84 bits per heavy atom. The van der Waals surface area contributed by atoms with Gasteiger partial charge in [-0.1, -0.05) is 24.3 Å². The van der Waals surface area contributed by atoms with Gasteiger partial charge in [0, 0.05) is 11.9 Å². The summed E-state index contributed by atoms with van der Waals surface area (Å²) in [4.78, 5) is 42.1. The molecule has 1 amide bonds. The maximum atomic E-state index is 13.1. The molecule has 0 bridgehead atoms. The van der Waals surface area contributed by atoms with Crippen LogP contribution in [-0.4, -0.2) is 32.6 Å². The summed E-state index contributed by atoms with van der Waals surface area (Å²) in [7, 11) is 0. The lowest BCUT2D eigenvalue weighted by Gasteiger charge is -2.08. The van der Waals surface area contributed by atoms with Crippen LogP contribution >= 0.6 is 0 Å². The first-order valence-electron chi connectivity index (χ1n) is 9.77. The third-order valence-electron chi connectivity index (χ3n) is 4.66. The summed E-state index contributed by atoms with van der Waals surface area (Å²) in [6.07, 6.45) is 1.60. The predicted molar refractivity (Wildman–Crippen MR) is 116 cm³/mol. The number of carbonyl (C=O) groups excluding carboxylic acids is 2. The Balaban J connectivity index is 1.63. The van der Waals surface area contributed by atoms with Gasteiger partial charge in [0.2, 0.25) is 5.91 Å². The number of imidazole rings is 1. The molecule has 0 fully saturated rings. The van der Waals surface area contributed by atoms with E-state index in [0.717, 1.165) is 0 Å². The fraction of sp³-hybridized carbons (Fsp3) is 0.130. The number of carbonyl (C=O) groups is 2. The number of anilines is 1. The zero-order valence-corrected chi connectivity index (χ0v) is 16.8. The Labute approximate surface area is 177 Å². The molecule has 4 rings (SSSR count). The van der Waals surface area contributed by atoms with Crippen molar-refractivity contribution in [2.75, 3.05) is 11.9 Å². The smallest absolute Gasteiger partial charge is 0.338 e. The van der Waals surface area contributed by atoms with Crippen molar-refractivity contribution in [3.05, 3.63) is 89.0 Å². The number of hydrogen-bond acceptors (Lipinski definition) is 5.